The summed E-state index contributed by atoms with van der Waals surface area (Å²) in [6.07, 6.45) is 0. The molecule has 0 saturated heterocycles. The van der Waals surface area contributed by atoms with Crippen molar-refractivity contribution in [3.8, 4) is 23.4 Å². The van der Waals surface area contributed by atoms with Crippen LogP contribution in [0.3, 0.4) is 0 Å². The molecule has 170 valence electrons. The van der Waals surface area contributed by atoms with Crippen LogP contribution < -0.4 is 21.5 Å². The molecule has 10 nitrogen and oxygen atoms in total. The molecule has 0 unspecified atom stereocenters. The van der Waals surface area contributed by atoms with Crippen LogP contribution >= 0.6 is 23.2 Å². The Morgan fingerprint density at radius 3 is 2.35 bits per heavy atom. The van der Waals surface area contributed by atoms with E-state index in [-0.39, 0.29) is 39.0 Å². The number of aromatic amines is 1. The fourth-order valence-corrected chi connectivity index (χ4v) is 3.68. The monoisotopic (exact) mass is 496 g/mol. The number of benzene rings is 2. The highest BCUT2D eigenvalue weighted by Crippen LogP contribution is 2.37. The first kappa shape index (κ1) is 23.0. The predicted molar refractivity (Wildman–Crippen MR) is 124 cm³/mol. The molecule has 2 heterocycles. The molecule has 4 rings (SSSR count). The summed E-state index contributed by atoms with van der Waals surface area (Å²) in [5.41, 5.74) is -1.65. The van der Waals surface area contributed by atoms with E-state index in [4.69, 9.17) is 33.2 Å². The molecule has 1 N–H and O–H groups in total. The largest absolute Gasteiger partial charge is 0.434 e. The van der Waals surface area contributed by atoms with Gasteiger partial charge in [-0.2, -0.15) is 9.94 Å². The molecular weight excluding hydrogens is 483 g/mol. The van der Waals surface area contributed by atoms with Crippen molar-refractivity contribution < 1.29 is 4.74 Å². The minimum atomic E-state index is -0.910. The minimum absolute atomic E-state index is 0.00318. The maximum Gasteiger partial charge on any atom is 0.349 e. The van der Waals surface area contributed by atoms with E-state index in [1.54, 1.807) is 6.07 Å². The number of ether oxygens (including phenoxy) is 1. The lowest BCUT2D eigenvalue weighted by Gasteiger charge is -2.16. The Bertz CT molecular complexity index is 1580. The number of nitrogens with zero attached hydrogens (tertiary/aromatic N) is 5. The fourth-order valence-electron chi connectivity index (χ4n) is 3.13. The number of halogens is 2. The van der Waals surface area contributed by atoms with Crippen LogP contribution in [0, 0.1) is 11.3 Å². The van der Waals surface area contributed by atoms with Crippen molar-refractivity contribution in [3.63, 3.8) is 0 Å². The predicted octanol–water partition coefficient (Wildman–Crippen LogP) is 3.06. The van der Waals surface area contributed by atoms with Gasteiger partial charge in [0, 0.05) is 12.1 Å². The highest BCUT2D eigenvalue weighted by atomic mass is 35.5. The Labute approximate surface area is 201 Å². The summed E-state index contributed by atoms with van der Waals surface area (Å²) in [6.45, 7) is 1.83. The molecule has 2 aromatic carbocycles. The quantitative estimate of drug-likeness (QED) is 0.448. The molecular formula is C22H14Cl2N6O4. The molecule has 0 fully saturated rings. The second kappa shape index (κ2) is 9.35. The van der Waals surface area contributed by atoms with Crippen molar-refractivity contribution in [3.05, 3.63) is 107 Å². The smallest absolute Gasteiger partial charge is 0.349 e. The van der Waals surface area contributed by atoms with Crippen LogP contribution in [0.2, 0.25) is 10.0 Å². The number of nitriles is 1. The maximum atomic E-state index is 12.4. The Balaban J connectivity index is 1.70. The number of rotatable bonds is 5. The average Bonchev–Trinajstić information content (AvgIpc) is 2.82. The van der Waals surface area contributed by atoms with E-state index in [0.717, 1.165) is 10.2 Å². The van der Waals surface area contributed by atoms with Gasteiger partial charge < -0.3 is 4.74 Å². The first-order chi connectivity index (χ1) is 16.3. The average molecular weight is 497 g/mol. The van der Waals surface area contributed by atoms with E-state index >= 15 is 0 Å². The van der Waals surface area contributed by atoms with Gasteiger partial charge in [-0.3, -0.25) is 14.6 Å². The molecule has 0 saturated carbocycles. The summed E-state index contributed by atoms with van der Waals surface area (Å²) in [4.78, 5) is 38.1. The fraction of sp³-hybridized carbons (Fsp3) is 0.0909. The second-order valence-electron chi connectivity index (χ2n) is 7.01. The SMILES string of the molecule is C[C@@H](c1ccccc1)n1nc(Oc2c(Cl)cc(-n3nc(C#N)c(=O)[nH]c3=O)cc2Cl)ccc1=O. The number of nitrogens with one attached hydrogen (secondary N) is 1. The van der Waals surface area contributed by atoms with Gasteiger partial charge in [0.25, 0.3) is 11.1 Å². The first-order valence-corrected chi connectivity index (χ1v) is 10.5. The summed E-state index contributed by atoms with van der Waals surface area (Å²) >= 11 is 12.7. The van der Waals surface area contributed by atoms with Gasteiger partial charge in [0.1, 0.15) is 6.07 Å². The molecule has 0 aliphatic heterocycles. The molecule has 4 aromatic rings. The molecule has 0 amide bonds. The van der Waals surface area contributed by atoms with Gasteiger partial charge in [-0.05, 0) is 24.6 Å². The Hall–Kier alpha value is -4.20. The number of aromatic nitrogens is 5. The van der Waals surface area contributed by atoms with Crippen molar-refractivity contribution in [2.24, 2.45) is 0 Å². The standard InChI is InChI=1S/C22H14Cl2N6O4/c1-12(13-5-3-2-4-6-13)29-19(31)8-7-18(28-29)34-20-15(23)9-14(10-16(20)24)30-22(33)26-21(32)17(11-25)27-30/h2-10,12H,1H3,(H,26,32,33)/t12-/m0/s1. The molecule has 2 aromatic heterocycles. The van der Waals surface area contributed by atoms with E-state index in [1.807, 2.05) is 42.2 Å². The summed E-state index contributed by atoms with van der Waals surface area (Å²) in [5.74, 6) is 0.0835. The van der Waals surface area contributed by atoms with Crippen LogP contribution in [-0.2, 0) is 0 Å². The van der Waals surface area contributed by atoms with Crippen molar-refractivity contribution >= 4 is 23.2 Å². The van der Waals surface area contributed by atoms with Crippen molar-refractivity contribution in [2.75, 3.05) is 0 Å². The van der Waals surface area contributed by atoms with E-state index in [0.29, 0.717) is 0 Å². The lowest BCUT2D eigenvalue weighted by Crippen LogP contribution is -2.33. The number of hydrogen-bond acceptors (Lipinski definition) is 7. The zero-order valence-electron chi connectivity index (χ0n) is 17.4. The van der Waals surface area contributed by atoms with E-state index in [9.17, 15) is 14.4 Å². The zero-order valence-corrected chi connectivity index (χ0v) is 18.9. The van der Waals surface area contributed by atoms with Crippen LogP contribution in [0.4, 0.5) is 0 Å². The summed E-state index contributed by atoms with van der Waals surface area (Å²) in [6, 6.07) is 15.9. The lowest BCUT2D eigenvalue weighted by molar-refractivity contribution is 0.419. The van der Waals surface area contributed by atoms with Crippen molar-refractivity contribution in [1.29, 1.82) is 5.26 Å². The van der Waals surface area contributed by atoms with Crippen LogP contribution in [0.25, 0.3) is 5.69 Å². The van der Waals surface area contributed by atoms with Crippen LogP contribution in [0.5, 0.6) is 11.6 Å². The third kappa shape index (κ3) is 4.47. The van der Waals surface area contributed by atoms with Gasteiger partial charge in [-0.25, -0.2) is 9.48 Å². The van der Waals surface area contributed by atoms with Gasteiger partial charge in [0.15, 0.2) is 5.75 Å². The lowest BCUT2D eigenvalue weighted by atomic mass is 10.1. The molecule has 0 aliphatic rings. The molecule has 1 atom stereocenters. The normalized spacial score (nSPS) is 11.6. The molecule has 0 bridgehead atoms. The Morgan fingerprint density at radius 1 is 1.03 bits per heavy atom. The van der Waals surface area contributed by atoms with Crippen LogP contribution in [0.15, 0.2) is 69.0 Å². The molecule has 34 heavy (non-hydrogen) atoms. The van der Waals surface area contributed by atoms with Gasteiger partial charge in [-0.1, -0.05) is 53.5 Å². The second-order valence-corrected chi connectivity index (χ2v) is 7.83. The highest BCUT2D eigenvalue weighted by Gasteiger charge is 2.17. The molecule has 0 spiro atoms. The number of H-pyrrole nitrogens is 1. The molecule has 0 aliphatic carbocycles. The maximum absolute atomic E-state index is 12.4. The van der Waals surface area contributed by atoms with Gasteiger partial charge in [0.2, 0.25) is 11.6 Å². The third-order valence-electron chi connectivity index (χ3n) is 4.82. The highest BCUT2D eigenvalue weighted by molar-refractivity contribution is 6.37. The van der Waals surface area contributed by atoms with E-state index in [1.165, 1.54) is 28.9 Å². The van der Waals surface area contributed by atoms with Crippen molar-refractivity contribution in [1.82, 2.24) is 24.5 Å². The van der Waals surface area contributed by atoms with Gasteiger partial charge in [-0.15, -0.1) is 10.2 Å². The Morgan fingerprint density at radius 2 is 1.71 bits per heavy atom. The third-order valence-corrected chi connectivity index (χ3v) is 5.38. The van der Waals surface area contributed by atoms with Crippen LogP contribution in [0.1, 0.15) is 24.2 Å². The zero-order chi connectivity index (χ0) is 24.4. The summed E-state index contributed by atoms with van der Waals surface area (Å²) in [5, 5.41) is 17.0. The van der Waals surface area contributed by atoms with Gasteiger partial charge in [0.05, 0.1) is 21.8 Å². The Kier molecular flexibility index (Phi) is 6.32. The first-order valence-electron chi connectivity index (χ1n) is 9.74. The van der Waals surface area contributed by atoms with Crippen molar-refractivity contribution in [2.45, 2.75) is 13.0 Å². The minimum Gasteiger partial charge on any atom is -0.434 e. The summed E-state index contributed by atoms with van der Waals surface area (Å²) in [7, 11) is 0. The van der Waals surface area contributed by atoms with E-state index in [2.05, 4.69) is 10.2 Å². The summed E-state index contributed by atoms with van der Waals surface area (Å²) < 4.78 is 7.81. The molecule has 0 radical (unpaired) electrons. The number of hydrogen-bond donors (Lipinski definition) is 1. The van der Waals surface area contributed by atoms with Crippen LogP contribution in [-0.4, -0.2) is 24.5 Å². The molecule has 12 heteroatoms. The topological polar surface area (TPSA) is 136 Å². The van der Waals surface area contributed by atoms with E-state index < -0.39 is 16.9 Å². The van der Waals surface area contributed by atoms with Gasteiger partial charge >= 0.3 is 5.69 Å².